The molecule has 234 valence electrons. The van der Waals surface area contributed by atoms with Crippen molar-refractivity contribution in [3.05, 3.63) is 103 Å². The Balaban J connectivity index is 0.000000182. The van der Waals surface area contributed by atoms with Gasteiger partial charge in [0.1, 0.15) is 0 Å². The van der Waals surface area contributed by atoms with Crippen molar-refractivity contribution in [1.29, 1.82) is 0 Å². The maximum atomic E-state index is 11.2. The van der Waals surface area contributed by atoms with Gasteiger partial charge in [0.15, 0.2) is 0 Å². The van der Waals surface area contributed by atoms with Crippen molar-refractivity contribution in [1.82, 2.24) is 19.9 Å². The zero-order valence-electron chi connectivity index (χ0n) is 23.6. The second kappa shape index (κ2) is 12.7. The van der Waals surface area contributed by atoms with Crippen molar-refractivity contribution in [2.24, 2.45) is 10.3 Å². The van der Waals surface area contributed by atoms with E-state index in [4.69, 9.17) is 21.1 Å². The van der Waals surface area contributed by atoms with Gasteiger partial charge in [-0.05, 0) is 78.9 Å². The number of anilines is 5. The van der Waals surface area contributed by atoms with E-state index in [1.165, 1.54) is 48.5 Å². The number of carboxylic acid groups (broad SMARTS) is 1. The Labute approximate surface area is 262 Å². The predicted molar refractivity (Wildman–Crippen MR) is 173 cm³/mol. The van der Waals surface area contributed by atoms with E-state index in [0.717, 1.165) is 10.9 Å². The summed E-state index contributed by atoms with van der Waals surface area (Å²) in [5.41, 5.74) is 8.90. The molecule has 0 saturated carbocycles. The maximum absolute atomic E-state index is 11.2. The standard InChI is InChI=1S/C15H12N4O4S.C14H13N5O2S/c16-24(22,23)12-5-3-11(4-6-12)18-15-17-8-10-2-1-9(14(20)21)7-13(10)19-15;15-10-2-1-9-8-17-14(19-13(9)7-10)18-11-3-5-12(6-4-11)22(16,20)21/h1-8H,(H,20,21)(H2,16,22,23)(H,17,18,19);1-8H,15H2,(H2,16,20,21)(H,17,18,19). The summed E-state index contributed by atoms with van der Waals surface area (Å²) in [4.78, 5) is 28.0. The number of rotatable bonds is 7. The lowest BCUT2D eigenvalue weighted by atomic mass is 10.1. The molecule has 0 fully saturated rings. The molecule has 46 heavy (non-hydrogen) atoms. The number of primary sulfonamides is 2. The van der Waals surface area contributed by atoms with Gasteiger partial charge >= 0.3 is 5.97 Å². The number of hydrogen-bond acceptors (Lipinski definition) is 12. The minimum atomic E-state index is -3.75. The number of nitrogens with zero attached hydrogens (tertiary/aromatic N) is 4. The molecular weight excluding hydrogens is 635 g/mol. The lowest BCUT2D eigenvalue weighted by Crippen LogP contribution is -2.11. The van der Waals surface area contributed by atoms with Gasteiger partial charge in [-0.2, -0.15) is 0 Å². The molecule has 0 amide bonds. The number of carbonyl (C=O) groups is 1. The summed E-state index contributed by atoms with van der Waals surface area (Å²) in [6, 6.07) is 21.7. The van der Waals surface area contributed by atoms with Crippen LogP contribution in [0.1, 0.15) is 10.4 Å². The maximum Gasteiger partial charge on any atom is 0.335 e. The Hall–Kier alpha value is -5.75. The number of sulfonamides is 2. The minimum absolute atomic E-state index is 0.00131. The van der Waals surface area contributed by atoms with Crippen molar-refractivity contribution in [3.63, 3.8) is 0 Å². The summed E-state index contributed by atoms with van der Waals surface area (Å²) in [5.74, 6) is -0.390. The molecule has 0 aliphatic heterocycles. The van der Waals surface area contributed by atoms with Crippen LogP contribution in [-0.2, 0) is 20.0 Å². The SMILES string of the molecule is NS(=O)(=O)c1ccc(Nc2ncc3ccc(C(=O)O)cc3n2)cc1.Nc1ccc2cnc(Nc3ccc(S(N)(=O)=O)cc3)nc2c1. The highest BCUT2D eigenvalue weighted by Gasteiger charge is 2.10. The molecule has 6 aromatic rings. The van der Waals surface area contributed by atoms with Crippen LogP contribution in [0.5, 0.6) is 0 Å². The molecule has 2 aromatic heterocycles. The van der Waals surface area contributed by atoms with Crippen LogP contribution < -0.4 is 26.6 Å². The van der Waals surface area contributed by atoms with Crippen molar-refractivity contribution in [3.8, 4) is 0 Å². The van der Waals surface area contributed by atoms with Gasteiger partial charge < -0.3 is 21.5 Å². The van der Waals surface area contributed by atoms with E-state index in [0.29, 0.717) is 33.9 Å². The van der Waals surface area contributed by atoms with Crippen LogP contribution in [0, 0.1) is 0 Å². The molecule has 0 atom stereocenters. The van der Waals surface area contributed by atoms with Crippen LogP contribution in [0.4, 0.5) is 29.0 Å². The number of aromatic carboxylic acids is 1. The van der Waals surface area contributed by atoms with E-state index < -0.39 is 26.0 Å². The summed E-state index contributed by atoms with van der Waals surface area (Å²) < 4.78 is 44.8. The fourth-order valence-corrected chi connectivity index (χ4v) is 5.06. The molecule has 0 radical (unpaired) electrons. The van der Waals surface area contributed by atoms with Crippen molar-refractivity contribution in [2.45, 2.75) is 9.79 Å². The van der Waals surface area contributed by atoms with Gasteiger partial charge in [0, 0.05) is 40.2 Å². The number of benzene rings is 4. The Morgan fingerprint density at radius 2 is 1.07 bits per heavy atom. The van der Waals surface area contributed by atoms with Gasteiger partial charge in [-0.25, -0.2) is 51.8 Å². The summed E-state index contributed by atoms with van der Waals surface area (Å²) in [6.07, 6.45) is 3.25. The number of nitrogen functional groups attached to an aromatic ring is 1. The molecule has 0 saturated heterocycles. The second-order valence-electron chi connectivity index (χ2n) is 9.67. The largest absolute Gasteiger partial charge is 0.478 e. The van der Waals surface area contributed by atoms with Gasteiger partial charge in [0.25, 0.3) is 0 Å². The molecule has 17 heteroatoms. The van der Waals surface area contributed by atoms with Crippen LogP contribution in [0.2, 0.25) is 0 Å². The highest BCUT2D eigenvalue weighted by molar-refractivity contribution is 7.89. The number of aromatic nitrogens is 4. The summed E-state index contributed by atoms with van der Waals surface area (Å²) >= 11 is 0. The van der Waals surface area contributed by atoms with E-state index in [2.05, 4.69) is 30.6 Å². The van der Waals surface area contributed by atoms with E-state index in [9.17, 15) is 21.6 Å². The van der Waals surface area contributed by atoms with E-state index in [1.807, 2.05) is 6.07 Å². The smallest absolute Gasteiger partial charge is 0.335 e. The fourth-order valence-electron chi connectivity index (χ4n) is 4.03. The first-order chi connectivity index (χ1) is 21.7. The van der Waals surface area contributed by atoms with Gasteiger partial charge in [-0.15, -0.1) is 0 Å². The summed E-state index contributed by atoms with van der Waals surface area (Å²) in [6.45, 7) is 0. The Bertz CT molecular complexity index is 2300. The molecule has 15 nitrogen and oxygen atoms in total. The molecular formula is C29H25N9O6S2. The van der Waals surface area contributed by atoms with E-state index in [-0.39, 0.29) is 21.3 Å². The first kappa shape index (κ1) is 31.7. The number of hydrogen-bond donors (Lipinski definition) is 6. The van der Waals surface area contributed by atoms with Gasteiger partial charge in [-0.3, -0.25) is 0 Å². The van der Waals surface area contributed by atoms with Crippen LogP contribution >= 0.6 is 0 Å². The third kappa shape index (κ3) is 7.85. The Morgan fingerprint density at radius 3 is 1.50 bits per heavy atom. The molecule has 4 aromatic carbocycles. The second-order valence-corrected chi connectivity index (χ2v) is 12.8. The summed E-state index contributed by atoms with van der Waals surface area (Å²) in [7, 11) is -7.45. The average molecular weight is 660 g/mol. The average Bonchev–Trinajstić information content (AvgIpc) is 3.00. The summed E-state index contributed by atoms with van der Waals surface area (Å²) in [5, 5.41) is 26.6. The molecule has 0 unspecified atom stereocenters. The van der Waals surface area contributed by atoms with E-state index in [1.54, 1.807) is 42.7 Å². The Kier molecular flexibility index (Phi) is 8.74. The lowest BCUT2D eigenvalue weighted by molar-refractivity contribution is 0.0697. The minimum Gasteiger partial charge on any atom is -0.478 e. The quantitative estimate of drug-likeness (QED) is 0.135. The molecule has 2 heterocycles. The number of carboxylic acids is 1. The van der Waals surface area contributed by atoms with Crippen LogP contribution in [0.15, 0.2) is 107 Å². The number of fused-ring (bicyclic) bond motifs is 2. The van der Waals surface area contributed by atoms with Crippen molar-refractivity contribution < 1.29 is 26.7 Å². The zero-order chi connectivity index (χ0) is 33.1. The molecule has 9 N–H and O–H groups in total. The zero-order valence-corrected chi connectivity index (χ0v) is 25.2. The third-order valence-corrected chi connectivity index (χ3v) is 8.17. The van der Waals surface area contributed by atoms with E-state index >= 15 is 0 Å². The fraction of sp³-hybridized carbons (Fsp3) is 0. The monoisotopic (exact) mass is 659 g/mol. The van der Waals surface area contributed by atoms with Crippen LogP contribution in [-0.4, -0.2) is 47.8 Å². The third-order valence-electron chi connectivity index (χ3n) is 6.31. The van der Waals surface area contributed by atoms with Gasteiger partial charge in [-0.1, -0.05) is 6.07 Å². The molecule has 0 spiro atoms. The van der Waals surface area contributed by atoms with Crippen molar-refractivity contribution in [2.75, 3.05) is 16.4 Å². The number of nitrogens with two attached hydrogens (primary N) is 3. The predicted octanol–water partition coefficient (Wildman–Crippen LogP) is 3.32. The van der Waals surface area contributed by atoms with Crippen molar-refractivity contribution >= 4 is 76.8 Å². The Morgan fingerprint density at radius 1 is 0.630 bits per heavy atom. The van der Waals surface area contributed by atoms with Gasteiger partial charge in [0.2, 0.25) is 31.9 Å². The topological polar surface area (TPSA) is 259 Å². The first-order valence-electron chi connectivity index (χ1n) is 13.1. The highest BCUT2D eigenvalue weighted by Crippen LogP contribution is 2.21. The molecule has 0 bridgehead atoms. The van der Waals surface area contributed by atoms with Crippen LogP contribution in [0.3, 0.4) is 0 Å². The van der Waals surface area contributed by atoms with Crippen LogP contribution in [0.25, 0.3) is 21.8 Å². The first-order valence-corrected chi connectivity index (χ1v) is 16.2. The molecule has 6 rings (SSSR count). The molecule has 0 aliphatic carbocycles. The molecule has 0 aliphatic rings. The highest BCUT2D eigenvalue weighted by atomic mass is 32.2. The van der Waals surface area contributed by atoms with Gasteiger partial charge in [0.05, 0.1) is 26.4 Å². The lowest BCUT2D eigenvalue weighted by Gasteiger charge is -2.07. The number of nitrogens with one attached hydrogen (secondary N) is 2. The normalized spacial score (nSPS) is 11.4.